The van der Waals surface area contributed by atoms with Gasteiger partial charge < -0.3 is 13.9 Å². The van der Waals surface area contributed by atoms with E-state index in [1.165, 1.54) is 5.56 Å². The minimum absolute atomic E-state index is 0. The van der Waals surface area contributed by atoms with Crippen LogP contribution in [0.4, 0.5) is 0 Å². The molecule has 0 saturated heterocycles. The quantitative estimate of drug-likeness (QED) is 0.113. The summed E-state index contributed by atoms with van der Waals surface area (Å²) in [6.07, 6.45) is 5.51. The van der Waals surface area contributed by atoms with Gasteiger partial charge in [0, 0.05) is 49.8 Å². The van der Waals surface area contributed by atoms with E-state index in [0.717, 1.165) is 66.8 Å². The Morgan fingerprint density at radius 3 is 1.88 bits per heavy atom. The molecule has 7 aromatic carbocycles. The van der Waals surface area contributed by atoms with E-state index < -0.39 is 0 Å². The molecule has 0 radical (unpaired) electrons. The largest absolute Gasteiger partial charge is 0.510 e. The molecule has 3 aromatic heterocycles. The van der Waals surface area contributed by atoms with Crippen LogP contribution in [0.25, 0.3) is 72.6 Å². The molecular weight excluding hydrogens is 918 g/mol. The molecule has 3 heterocycles. The molecule has 0 bridgehead atoms. The van der Waals surface area contributed by atoms with Gasteiger partial charge in [-0.05, 0) is 56.8 Å². The Morgan fingerprint density at radius 2 is 1.20 bits per heavy atom. The molecule has 0 fully saturated rings. The molecule has 6 nitrogen and oxygen atoms in total. The maximum absolute atomic E-state index is 6.61. The first-order chi connectivity index (χ1) is 28.9. The van der Waals surface area contributed by atoms with Crippen molar-refractivity contribution in [1.29, 1.82) is 0 Å². The Morgan fingerprint density at radius 1 is 0.583 bits per heavy atom. The molecule has 0 aliphatic rings. The second kappa shape index (κ2) is 16.0. The van der Waals surface area contributed by atoms with Crippen LogP contribution < -0.4 is 9.42 Å². The van der Waals surface area contributed by atoms with Crippen LogP contribution in [-0.2, 0) is 26.5 Å². The van der Waals surface area contributed by atoms with Crippen molar-refractivity contribution in [3.05, 3.63) is 206 Å². The first kappa shape index (κ1) is 38.6. The summed E-state index contributed by atoms with van der Waals surface area (Å²) in [7, 11) is 0. The van der Waals surface area contributed by atoms with Gasteiger partial charge in [-0.2, -0.15) is 22.9 Å². The molecule has 60 heavy (non-hydrogen) atoms. The van der Waals surface area contributed by atoms with Crippen LogP contribution in [0.15, 0.2) is 182 Å². The van der Waals surface area contributed by atoms with Gasteiger partial charge in [-0.15, -0.1) is 34.8 Å². The van der Waals surface area contributed by atoms with E-state index in [2.05, 4.69) is 165 Å². The van der Waals surface area contributed by atoms with Crippen molar-refractivity contribution >= 4 is 21.8 Å². The van der Waals surface area contributed by atoms with Crippen LogP contribution in [0.3, 0.4) is 0 Å². The minimum atomic E-state index is -0.0307. The number of para-hydroxylation sites is 2. The number of hydrogen-bond donors (Lipinski definition) is 0. The van der Waals surface area contributed by atoms with Crippen LogP contribution in [-0.4, -0.2) is 19.2 Å². The van der Waals surface area contributed by atoms with Gasteiger partial charge in [0.05, 0.1) is 5.69 Å². The van der Waals surface area contributed by atoms with Gasteiger partial charge in [-0.3, -0.25) is 0 Å². The minimum Gasteiger partial charge on any atom is -0.510 e. The van der Waals surface area contributed by atoms with E-state index in [1.54, 1.807) is 0 Å². The number of fused-ring (bicyclic) bond motifs is 3. The number of pyridine rings is 1. The zero-order valence-corrected chi connectivity index (χ0v) is 35.6. The summed E-state index contributed by atoms with van der Waals surface area (Å²) in [4.78, 5) is 4.84. The zero-order valence-electron chi connectivity index (χ0n) is 33.3. The molecule has 0 unspecified atom stereocenters. The van der Waals surface area contributed by atoms with Gasteiger partial charge in [0.2, 0.25) is 0 Å². The molecule has 0 amide bonds. The van der Waals surface area contributed by atoms with Gasteiger partial charge in [0.25, 0.3) is 6.33 Å². The second-order valence-corrected chi connectivity index (χ2v) is 15.6. The van der Waals surface area contributed by atoms with Crippen LogP contribution in [0.1, 0.15) is 26.3 Å². The van der Waals surface area contributed by atoms with Crippen molar-refractivity contribution < 1.29 is 30.5 Å². The predicted molar refractivity (Wildman–Crippen MR) is 235 cm³/mol. The first-order valence-electron chi connectivity index (χ1n) is 19.8. The number of aromatic nitrogens is 5. The maximum atomic E-state index is 6.61. The maximum Gasteiger partial charge on any atom is 0.272 e. The third-order valence-electron chi connectivity index (χ3n) is 10.7. The summed E-state index contributed by atoms with van der Waals surface area (Å²) in [5.41, 5.74) is 9.98. The van der Waals surface area contributed by atoms with E-state index in [9.17, 15) is 0 Å². The van der Waals surface area contributed by atoms with Crippen molar-refractivity contribution in [3.63, 3.8) is 0 Å². The van der Waals surface area contributed by atoms with E-state index in [1.807, 2.05) is 70.0 Å². The van der Waals surface area contributed by atoms with Crippen LogP contribution in [0, 0.1) is 18.5 Å². The summed E-state index contributed by atoms with van der Waals surface area (Å²) in [6.45, 7) is 6.66. The molecule has 294 valence electrons. The summed E-state index contributed by atoms with van der Waals surface area (Å²) >= 11 is 0. The Bertz CT molecular complexity index is 3060. The van der Waals surface area contributed by atoms with Gasteiger partial charge in [-0.25, -0.2) is 4.98 Å². The van der Waals surface area contributed by atoms with Crippen molar-refractivity contribution in [2.75, 3.05) is 0 Å². The fourth-order valence-electron chi connectivity index (χ4n) is 7.74. The van der Waals surface area contributed by atoms with E-state index in [-0.39, 0.29) is 26.5 Å². The predicted octanol–water partition coefficient (Wildman–Crippen LogP) is 12.1. The number of benzene rings is 7. The van der Waals surface area contributed by atoms with Crippen LogP contribution >= 0.6 is 0 Å². The monoisotopic (exact) mass is 956 g/mol. The van der Waals surface area contributed by atoms with Crippen molar-refractivity contribution in [1.82, 2.24) is 19.2 Å². The Labute approximate surface area is 364 Å². The van der Waals surface area contributed by atoms with E-state index >= 15 is 0 Å². The Kier molecular flexibility index (Phi) is 10.3. The zero-order chi connectivity index (χ0) is 39.9. The molecule has 0 saturated carbocycles. The third kappa shape index (κ3) is 7.25. The van der Waals surface area contributed by atoms with E-state index in [0.29, 0.717) is 17.3 Å². The van der Waals surface area contributed by atoms with Crippen molar-refractivity contribution in [2.45, 2.75) is 26.2 Å². The normalized spacial score (nSPS) is 11.4. The molecule has 7 heteroatoms. The number of ether oxygens (including phenoxy) is 1. The fourth-order valence-corrected chi connectivity index (χ4v) is 7.74. The van der Waals surface area contributed by atoms with Gasteiger partial charge in [0.1, 0.15) is 5.82 Å². The van der Waals surface area contributed by atoms with Gasteiger partial charge >= 0.3 is 0 Å². The summed E-state index contributed by atoms with van der Waals surface area (Å²) in [5.74, 6) is 2.66. The van der Waals surface area contributed by atoms with Gasteiger partial charge in [-0.1, -0.05) is 159 Å². The van der Waals surface area contributed by atoms with E-state index in [4.69, 9.17) is 14.8 Å². The topological polar surface area (TPSA) is 48.8 Å². The average molecular weight is 957 g/mol. The molecular formula is C53H39N5OPt-2. The van der Waals surface area contributed by atoms with Crippen LogP contribution in [0.5, 0.6) is 11.5 Å². The number of rotatable bonds is 8. The third-order valence-corrected chi connectivity index (χ3v) is 10.7. The summed E-state index contributed by atoms with van der Waals surface area (Å²) in [5, 5.41) is 7.48. The molecule has 0 N–H and O–H groups in total. The summed E-state index contributed by atoms with van der Waals surface area (Å²) in [6, 6.07) is 67.2. The van der Waals surface area contributed by atoms with Gasteiger partial charge in [0.15, 0.2) is 5.82 Å². The Balaban J connectivity index is 0.00000462. The summed E-state index contributed by atoms with van der Waals surface area (Å²) < 4.78 is 12.6. The molecule has 10 rings (SSSR count). The molecule has 0 atom stereocenters. The number of nitrogens with zero attached hydrogens (tertiary/aromatic N) is 5. The Hall–Kier alpha value is -6.88. The SMILES string of the molecule is CC(C)(C)c1ccnc(-n2c3[c-]c(Oc4[c-]c(-n5[c-][n+](-c6c(-c7ccccc7)cccc6-c6ccccc6)nc5-c5ccccc5)ccc4)ccc3c3ccccc32)c1.[Pt]. The van der Waals surface area contributed by atoms with Crippen LogP contribution in [0.2, 0.25) is 0 Å². The smallest absolute Gasteiger partial charge is 0.272 e. The van der Waals surface area contributed by atoms with Crippen molar-refractivity contribution in [3.8, 4) is 62.3 Å². The standard InChI is InChI=1S/C53H39N5O.Pt/c1-53(2,3)40-31-32-54-50(33-40)58-48-28-14-13-25-46(48)47-30-29-43(35-49(47)58)59-42-24-15-23-41(34-42)56-36-57(55-52(56)39-21-11-6-12-22-39)51-44(37-17-7-4-8-18-37)26-16-27-45(51)38-19-9-5-10-20-38;/h4-33H,1-3H3;/q-2;. The molecule has 0 aliphatic carbocycles. The molecule has 0 aliphatic heterocycles. The molecule has 10 aromatic rings. The number of hydrogen-bond acceptors (Lipinski definition) is 3. The molecule has 0 spiro atoms. The fraction of sp³-hybridized carbons (Fsp3) is 0.0755. The first-order valence-corrected chi connectivity index (χ1v) is 19.8. The average Bonchev–Trinajstić information content (AvgIpc) is 3.87. The van der Waals surface area contributed by atoms with Crippen molar-refractivity contribution in [2.24, 2.45) is 0 Å². The second-order valence-electron chi connectivity index (χ2n) is 15.6.